The van der Waals surface area contributed by atoms with Crippen molar-refractivity contribution in [2.45, 2.75) is 25.3 Å². The van der Waals surface area contributed by atoms with E-state index in [0.717, 1.165) is 11.8 Å². The van der Waals surface area contributed by atoms with Gasteiger partial charge >= 0.3 is 5.97 Å². The molecule has 28 heavy (non-hydrogen) atoms. The van der Waals surface area contributed by atoms with Crippen LogP contribution in [-0.2, 0) is 16.6 Å². The first-order valence-corrected chi connectivity index (χ1v) is 10.7. The molecule has 0 saturated carbocycles. The zero-order valence-electron chi connectivity index (χ0n) is 15.2. The van der Waals surface area contributed by atoms with Gasteiger partial charge in [-0.3, -0.25) is 4.72 Å². The average Bonchev–Trinajstić information content (AvgIpc) is 3.16. The molecule has 0 aliphatic carbocycles. The molecule has 0 amide bonds. The van der Waals surface area contributed by atoms with Crippen molar-refractivity contribution in [1.82, 2.24) is 4.98 Å². The van der Waals surface area contributed by atoms with Crippen molar-refractivity contribution >= 4 is 33.0 Å². The summed E-state index contributed by atoms with van der Waals surface area (Å²) in [5.74, 6) is -0.839. The van der Waals surface area contributed by atoms with Gasteiger partial charge in [0.15, 0.2) is 0 Å². The lowest BCUT2D eigenvalue weighted by Gasteiger charge is -2.15. The Balaban J connectivity index is 1.92. The molecule has 3 aromatic rings. The van der Waals surface area contributed by atoms with Crippen LogP contribution in [0.1, 0.15) is 27.2 Å². The van der Waals surface area contributed by atoms with E-state index in [0.29, 0.717) is 16.9 Å². The average molecular weight is 418 g/mol. The van der Waals surface area contributed by atoms with Gasteiger partial charge in [-0.1, -0.05) is 12.1 Å². The molecule has 1 heterocycles. The zero-order chi connectivity index (χ0) is 20.3. The molecule has 3 rings (SSSR count). The van der Waals surface area contributed by atoms with Crippen LogP contribution in [0, 0.1) is 13.8 Å². The lowest BCUT2D eigenvalue weighted by atomic mass is 10.1. The van der Waals surface area contributed by atoms with Crippen LogP contribution in [0.2, 0.25) is 0 Å². The number of hydrogen-bond donors (Lipinski definition) is 2. The predicted molar refractivity (Wildman–Crippen MR) is 107 cm³/mol. The van der Waals surface area contributed by atoms with E-state index in [1.165, 1.54) is 17.4 Å². The third kappa shape index (κ3) is 4.32. The summed E-state index contributed by atoms with van der Waals surface area (Å²) in [6.07, 6.45) is 0. The first kappa shape index (κ1) is 19.8. The van der Waals surface area contributed by atoms with Crippen LogP contribution in [0.5, 0.6) is 5.75 Å². The minimum atomic E-state index is -4.02. The van der Waals surface area contributed by atoms with Crippen LogP contribution < -0.4 is 9.46 Å². The number of nitrogens with zero attached hydrogens (tertiary/aromatic N) is 1. The second-order valence-electron chi connectivity index (χ2n) is 6.09. The van der Waals surface area contributed by atoms with Gasteiger partial charge in [-0.05, 0) is 49.2 Å². The van der Waals surface area contributed by atoms with Crippen molar-refractivity contribution in [3.63, 3.8) is 0 Å². The lowest BCUT2D eigenvalue weighted by molar-refractivity contribution is 0.0696. The van der Waals surface area contributed by atoms with Crippen LogP contribution in [0.25, 0.3) is 0 Å². The number of carboxylic acids is 1. The van der Waals surface area contributed by atoms with E-state index in [4.69, 9.17) is 4.74 Å². The van der Waals surface area contributed by atoms with Crippen LogP contribution in [0.4, 0.5) is 5.69 Å². The van der Waals surface area contributed by atoms with E-state index in [9.17, 15) is 18.3 Å². The second kappa shape index (κ2) is 7.99. The Morgan fingerprint density at radius 2 is 2.00 bits per heavy atom. The minimum absolute atomic E-state index is 0.0841. The number of ether oxygens (including phenoxy) is 1. The van der Waals surface area contributed by atoms with Gasteiger partial charge in [0.25, 0.3) is 10.0 Å². The van der Waals surface area contributed by atoms with E-state index in [2.05, 4.69) is 9.71 Å². The molecule has 0 aliphatic heterocycles. The van der Waals surface area contributed by atoms with Crippen molar-refractivity contribution in [2.75, 3.05) is 4.72 Å². The van der Waals surface area contributed by atoms with Crippen molar-refractivity contribution in [2.24, 2.45) is 0 Å². The van der Waals surface area contributed by atoms with Crippen molar-refractivity contribution in [3.8, 4) is 5.75 Å². The maximum absolute atomic E-state index is 13.0. The Kier molecular flexibility index (Phi) is 5.66. The predicted octanol–water partition coefficient (Wildman–Crippen LogP) is 3.84. The molecule has 9 heteroatoms. The number of para-hydroxylation sites is 2. The quantitative estimate of drug-likeness (QED) is 0.604. The number of rotatable bonds is 7. The zero-order valence-corrected chi connectivity index (χ0v) is 16.8. The number of benzene rings is 2. The molecule has 0 unspecified atom stereocenters. The molecular weight excluding hydrogens is 400 g/mol. The maximum atomic E-state index is 13.0. The highest BCUT2D eigenvalue weighted by Gasteiger charge is 2.22. The number of sulfonamides is 1. The smallest absolute Gasteiger partial charge is 0.335 e. The van der Waals surface area contributed by atoms with Gasteiger partial charge in [-0.25, -0.2) is 18.2 Å². The third-order valence-corrected chi connectivity index (χ3v) is 6.27. The van der Waals surface area contributed by atoms with Crippen LogP contribution in [0.15, 0.2) is 52.2 Å². The fourth-order valence-electron chi connectivity index (χ4n) is 2.57. The van der Waals surface area contributed by atoms with Gasteiger partial charge in [0.05, 0.1) is 27.4 Å². The van der Waals surface area contributed by atoms with E-state index < -0.39 is 16.0 Å². The molecule has 0 atom stereocenters. The standard InChI is InChI=1S/C19H18N2O5S2/c1-12-7-14(19(22)23)8-18(13(12)2)28(24,25)21-16-5-3-4-6-17(16)26-9-15-10-27-11-20-15/h3-8,10-11,21H,9H2,1-2H3,(H,22,23). The number of aromatic nitrogens is 1. The summed E-state index contributed by atoms with van der Waals surface area (Å²) in [7, 11) is -4.02. The molecule has 2 N–H and O–H groups in total. The summed E-state index contributed by atoms with van der Waals surface area (Å²) in [6, 6.07) is 9.24. The molecule has 146 valence electrons. The molecule has 1 aromatic heterocycles. The largest absolute Gasteiger partial charge is 0.485 e. The summed E-state index contributed by atoms with van der Waals surface area (Å²) in [5, 5.41) is 11.1. The Morgan fingerprint density at radius 1 is 1.25 bits per heavy atom. The molecule has 0 saturated heterocycles. The van der Waals surface area contributed by atoms with Gasteiger partial charge in [-0.2, -0.15) is 0 Å². The van der Waals surface area contributed by atoms with Crippen molar-refractivity contribution in [3.05, 3.63) is 69.7 Å². The number of carboxylic acid groups (broad SMARTS) is 1. The Morgan fingerprint density at radius 3 is 2.68 bits per heavy atom. The summed E-state index contributed by atoms with van der Waals surface area (Å²) in [5.41, 5.74) is 3.66. The molecule has 0 aliphatic rings. The van der Waals surface area contributed by atoms with Gasteiger partial charge in [-0.15, -0.1) is 11.3 Å². The molecular formula is C19H18N2O5S2. The highest BCUT2D eigenvalue weighted by atomic mass is 32.2. The number of anilines is 1. The number of aryl methyl sites for hydroxylation is 1. The SMILES string of the molecule is Cc1cc(C(=O)O)cc(S(=O)(=O)Nc2ccccc2OCc2cscn2)c1C. The van der Waals surface area contributed by atoms with Crippen molar-refractivity contribution in [1.29, 1.82) is 0 Å². The van der Waals surface area contributed by atoms with Gasteiger partial charge in [0, 0.05) is 5.38 Å². The normalized spacial score (nSPS) is 11.2. The lowest BCUT2D eigenvalue weighted by Crippen LogP contribution is -2.16. The summed E-state index contributed by atoms with van der Waals surface area (Å²) >= 11 is 1.44. The summed E-state index contributed by atoms with van der Waals surface area (Å²) in [6.45, 7) is 3.51. The first-order chi connectivity index (χ1) is 13.3. The van der Waals surface area contributed by atoms with Gasteiger partial charge < -0.3 is 9.84 Å². The fraction of sp³-hybridized carbons (Fsp3) is 0.158. The van der Waals surface area contributed by atoms with Crippen molar-refractivity contribution < 1.29 is 23.1 Å². The van der Waals surface area contributed by atoms with Crippen LogP contribution in [-0.4, -0.2) is 24.5 Å². The number of thiazole rings is 1. The Bertz CT molecular complexity index is 1110. The highest BCUT2D eigenvalue weighted by molar-refractivity contribution is 7.92. The topological polar surface area (TPSA) is 106 Å². The summed E-state index contributed by atoms with van der Waals surface area (Å²) < 4.78 is 34.1. The summed E-state index contributed by atoms with van der Waals surface area (Å²) in [4.78, 5) is 15.4. The Hall–Kier alpha value is -2.91. The van der Waals surface area contributed by atoms with Gasteiger partial charge in [0.1, 0.15) is 12.4 Å². The number of nitrogens with one attached hydrogen (secondary N) is 1. The number of aromatic carboxylic acids is 1. The first-order valence-electron chi connectivity index (χ1n) is 8.24. The molecule has 0 bridgehead atoms. The van der Waals surface area contributed by atoms with E-state index in [1.807, 2.05) is 5.38 Å². The van der Waals surface area contributed by atoms with Crippen LogP contribution >= 0.6 is 11.3 Å². The monoisotopic (exact) mass is 418 g/mol. The highest BCUT2D eigenvalue weighted by Crippen LogP contribution is 2.29. The maximum Gasteiger partial charge on any atom is 0.335 e. The molecule has 7 nitrogen and oxygen atoms in total. The number of carbonyl (C=O) groups is 1. The minimum Gasteiger partial charge on any atom is -0.485 e. The van der Waals surface area contributed by atoms with Crippen LogP contribution in [0.3, 0.4) is 0 Å². The molecule has 0 fully saturated rings. The number of hydrogen-bond acceptors (Lipinski definition) is 6. The second-order valence-corrected chi connectivity index (χ2v) is 8.46. The molecule has 0 spiro atoms. The third-order valence-electron chi connectivity index (χ3n) is 4.15. The molecule has 0 radical (unpaired) electrons. The fourth-order valence-corrected chi connectivity index (χ4v) is 4.52. The molecule has 2 aromatic carbocycles. The Labute approximate surface area is 166 Å². The van der Waals surface area contributed by atoms with E-state index >= 15 is 0 Å². The van der Waals surface area contributed by atoms with E-state index in [-0.39, 0.29) is 22.8 Å². The van der Waals surface area contributed by atoms with E-state index in [1.54, 1.807) is 43.6 Å². The van der Waals surface area contributed by atoms with Gasteiger partial charge in [0.2, 0.25) is 0 Å².